The van der Waals surface area contributed by atoms with Crippen molar-refractivity contribution >= 4 is 5.91 Å². The number of ether oxygens (including phenoxy) is 1. The Morgan fingerprint density at radius 3 is 2.32 bits per heavy atom. The van der Waals surface area contributed by atoms with E-state index in [1.807, 2.05) is 0 Å². The predicted molar refractivity (Wildman–Crippen MR) is 81.3 cm³/mol. The fraction of sp³-hybridized carbons (Fsp3) is 0.353. The van der Waals surface area contributed by atoms with E-state index in [9.17, 15) is 22.4 Å². The normalized spacial score (nSPS) is 12.1. The molecule has 1 aromatic carbocycles. The van der Waals surface area contributed by atoms with Gasteiger partial charge in [0.05, 0.1) is 12.8 Å². The van der Waals surface area contributed by atoms with Crippen LogP contribution in [0.25, 0.3) is 0 Å². The number of carbonyl (C=O) groups is 1. The van der Waals surface area contributed by atoms with Gasteiger partial charge in [0.1, 0.15) is 23.9 Å². The van der Waals surface area contributed by atoms with E-state index in [1.54, 1.807) is 0 Å². The van der Waals surface area contributed by atoms with Gasteiger partial charge in [0.15, 0.2) is 5.60 Å². The highest BCUT2D eigenvalue weighted by Crippen LogP contribution is 2.25. The van der Waals surface area contributed by atoms with Crippen LogP contribution < -0.4 is 4.74 Å². The Morgan fingerprint density at radius 1 is 1.16 bits per heavy atom. The van der Waals surface area contributed by atoms with Crippen molar-refractivity contribution in [3.8, 4) is 5.75 Å². The molecular weight excluding hydrogens is 342 g/mol. The lowest BCUT2D eigenvalue weighted by atomic mass is 10.1. The van der Waals surface area contributed by atoms with Crippen molar-refractivity contribution in [2.75, 3.05) is 6.54 Å². The van der Waals surface area contributed by atoms with Crippen LogP contribution in [0.15, 0.2) is 47.1 Å². The quantitative estimate of drug-likeness (QED) is 0.727. The van der Waals surface area contributed by atoms with E-state index < -0.39 is 30.0 Å². The predicted octanol–water partition coefficient (Wildman–Crippen LogP) is 4.17. The number of rotatable bonds is 6. The first-order valence-corrected chi connectivity index (χ1v) is 7.40. The molecule has 0 saturated carbocycles. The molecule has 0 radical (unpaired) electrons. The van der Waals surface area contributed by atoms with Crippen molar-refractivity contribution in [2.45, 2.75) is 32.2 Å². The summed E-state index contributed by atoms with van der Waals surface area (Å²) >= 11 is 0. The number of benzene rings is 1. The zero-order valence-electron chi connectivity index (χ0n) is 13.6. The summed E-state index contributed by atoms with van der Waals surface area (Å²) in [5.41, 5.74) is -1.59. The Labute approximate surface area is 142 Å². The number of alkyl halides is 3. The third-order valence-electron chi connectivity index (χ3n) is 3.29. The monoisotopic (exact) mass is 359 g/mol. The summed E-state index contributed by atoms with van der Waals surface area (Å²) in [7, 11) is 0. The van der Waals surface area contributed by atoms with Gasteiger partial charge in [-0.1, -0.05) is 0 Å². The van der Waals surface area contributed by atoms with Crippen LogP contribution >= 0.6 is 0 Å². The van der Waals surface area contributed by atoms with Gasteiger partial charge in [-0.15, -0.1) is 0 Å². The molecule has 0 unspecified atom stereocenters. The van der Waals surface area contributed by atoms with Gasteiger partial charge in [0, 0.05) is 0 Å². The molecule has 0 atom stereocenters. The maximum atomic E-state index is 12.9. The summed E-state index contributed by atoms with van der Waals surface area (Å²) < 4.78 is 62.0. The first-order chi connectivity index (χ1) is 11.6. The van der Waals surface area contributed by atoms with Crippen LogP contribution in [0.2, 0.25) is 0 Å². The van der Waals surface area contributed by atoms with E-state index in [0.29, 0.717) is 4.90 Å². The summed E-state index contributed by atoms with van der Waals surface area (Å²) in [6.45, 7) is 0.915. The van der Waals surface area contributed by atoms with Crippen LogP contribution in [0.3, 0.4) is 0 Å². The first-order valence-electron chi connectivity index (χ1n) is 7.40. The average molecular weight is 359 g/mol. The minimum Gasteiger partial charge on any atom is -0.478 e. The Hall–Kier alpha value is -2.51. The minimum atomic E-state index is -4.58. The van der Waals surface area contributed by atoms with Crippen molar-refractivity contribution in [2.24, 2.45) is 0 Å². The second-order valence-electron chi connectivity index (χ2n) is 5.92. The van der Waals surface area contributed by atoms with Crippen molar-refractivity contribution in [1.29, 1.82) is 0 Å². The Morgan fingerprint density at radius 2 is 1.80 bits per heavy atom. The van der Waals surface area contributed by atoms with Gasteiger partial charge in [-0.2, -0.15) is 13.2 Å². The van der Waals surface area contributed by atoms with Gasteiger partial charge in [-0.25, -0.2) is 4.39 Å². The number of hydrogen-bond donors (Lipinski definition) is 0. The van der Waals surface area contributed by atoms with E-state index in [4.69, 9.17) is 9.15 Å². The molecule has 2 aromatic rings. The van der Waals surface area contributed by atoms with E-state index in [2.05, 4.69) is 0 Å². The molecule has 25 heavy (non-hydrogen) atoms. The summed E-state index contributed by atoms with van der Waals surface area (Å²) in [4.78, 5) is 13.2. The van der Waals surface area contributed by atoms with Gasteiger partial charge >= 0.3 is 6.18 Å². The van der Waals surface area contributed by atoms with E-state index in [1.165, 1.54) is 44.4 Å². The lowest BCUT2D eigenvalue weighted by Crippen LogP contribution is -2.51. The maximum Gasteiger partial charge on any atom is 0.406 e. The number of amides is 1. The number of hydrogen-bond acceptors (Lipinski definition) is 3. The van der Waals surface area contributed by atoms with Crippen LogP contribution in [0.5, 0.6) is 5.75 Å². The van der Waals surface area contributed by atoms with Crippen molar-refractivity contribution in [3.63, 3.8) is 0 Å². The van der Waals surface area contributed by atoms with Gasteiger partial charge in [-0.3, -0.25) is 4.79 Å². The average Bonchev–Trinajstić information content (AvgIpc) is 2.99. The highest BCUT2D eigenvalue weighted by Gasteiger charge is 2.40. The molecule has 8 heteroatoms. The second-order valence-corrected chi connectivity index (χ2v) is 5.92. The molecule has 0 spiro atoms. The third-order valence-corrected chi connectivity index (χ3v) is 3.29. The van der Waals surface area contributed by atoms with Crippen LogP contribution in [0.1, 0.15) is 19.6 Å². The molecule has 0 aliphatic carbocycles. The number of carbonyl (C=O) groups excluding carboxylic acids is 1. The summed E-state index contributed by atoms with van der Waals surface area (Å²) in [5, 5.41) is 0. The van der Waals surface area contributed by atoms with E-state index >= 15 is 0 Å². The highest BCUT2D eigenvalue weighted by atomic mass is 19.4. The van der Waals surface area contributed by atoms with Gasteiger partial charge < -0.3 is 14.1 Å². The molecule has 1 heterocycles. The second kappa shape index (κ2) is 7.16. The third kappa shape index (κ3) is 5.51. The van der Waals surface area contributed by atoms with Crippen molar-refractivity contribution in [1.82, 2.24) is 4.90 Å². The molecule has 0 saturated heterocycles. The molecule has 0 fully saturated rings. The first kappa shape index (κ1) is 18.8. The molecule has 0 aliphatic heterocycles. The molecule has 1 aromatic heterocycles. The van der Waals surface area contributed by atoms with Crippen LogP contribution in [0, 0.1) is 5.82 Å². The van der Waals surface area contributed by atoms with E-state index in [0.717, 1.165) is 12.1 Å². The van der Waals surface area contributed by atoms with E-state index in [-0.39, 0.29) is 18.1 Å². The SMILES string of the molecule is CC(C)(Oc1ccc(F)cc1)C(=O)N(Cc1ccco1)CC(F)(F)F. The highest BCUT2D eigenvalue weighted by molar-refractivity contribution is 5.84. The molecular formula is C17H17F4NO3. The van der Waals surface area contributed by atoms with Crippen molar-refractivity contribution < 1.29 is 31.5 Å². The molecule has 0 aliphatic rings. The smallest absolute Gasteiger partial charge is 0.406 e. The summed E-state index contributed by atoms with van der Waals surface area (Å²) in [6.07, 6.45) is -3.26. The maximum absolute atomic E-state index is 12.9. The van der Waals surface area contributed by atoms with Crippen LogP contribution in [0.4, 0.5) is 17.6 Å². The fourth-order valence-electron chi connectivity index (χ4n) is 2.23. The molecule has 136 valence electrons. The number of nitrogens with zero attached hydrogens (tertiary/aromatic N) is 1. The Balaban J connectivity index is 2.18. The van der Waals surface area contributed by atoms with Gasteiger partial charge in [0.25, 0.3) is 5.91 Å². The van der Waals surface area contributed by atoms with Crippen LogP contribution in [-0.4, -0.2) is 29.1 Å². The molecule has 0 N–H and O–H groups in total. The Kier molecular flexibility index (Phi) is 5.39. The lowest BCUT2D eigenvalue weighted by Gasteiger charge is -2.32. The van der Waals surface area contributed by atoms with Gasteiger partial charge in [0.2, 0.25) is 0 Å². The number of furan rings is 1. The molecule has 0 bridgehead atoms. The Bertz CT molecular complexity index is 694. The standard InChI is InChI=1S/C17H17F4NO3/c1-16(2,25-13-7-5-12(18)6-8-13)15(23)22(11-17(19,20)21)10-14-4-3-9-24-14/h3-9H,10-11H2,1-2H3. The van der Waals surface area contributed by atoms with Gasteiger partial charge in [-0.05, 0) is 50.2 Å². The summed E-state index contributed by atoms with van der Waals surface area (Å²) in [5.74, 6) is -0.974. The lowest BCUT2D eigenvalue weighted by molar-refractivity contribution is -0.171. The molecule has 2 rings (SSSR count). The number of halogens is 4. The van der Waals surface area contributed by atoms with Crippen molar-refractivity contribution in [3.05, 3.63) is 54.2 Å². The zero-order valence-corrected chi connectivity index (χ0v) is 13.6. The topological polar surface area (TPSA) is 42.7 Å². The minimum absolute atomic E-state index is 0.171. The molecule has 1 amide bonds. The zero-order chi connectivity index (χ0) is 18.7. The largest absolute Gasteiger partial charge is 0.478 e. The van der Waals surface area contributed by atoms with Crippen LogP contribution in [-0.2, 0) is 11.3 Å². The molecule has 4 nitrogen and oxygen atoms in total. The fourth-order valence-corrected chi connectivity index (χ4v) is 2.23. The summed E-state index contributed by atoms with van der Waals surface area (Å²) in [6, 6.07) is 7.85.